The fourth-order valence-electron chi connectivity index (χ4n) is 2.19. The quantitative estimate of drug-likeness (QED) is 0.832. The first-order valence-electron chi connectivity index (χ1n) is 7.23. The van der Waals surface area contributed by atoms with Crippen LogP contribution in [-0.2, 0) is 9.84 Å². The summed E-state index contributed by atoms with van der Waals surface area (Å²) in [6, 6.07) is 12.6. The van der Waals surface area contributed by atoms with E-state index in [1.165, 1.54) is 24.3 Å². The maximum atomic E-state index is 13.3. The highest BCUT2D eigenvalue weighted by Crippen LogP contribution is 2.20. The monoisotopic (exact) mass is 351 g/mol. The van der Waals surface area contributed by atoms with Crippen molar-refractivity contribution >= 4 is 15.7 Å². The number of aliphatic hydroxyl groups is 1. The maximum absolute atomic E-state index is 13.3. The predicted molar refractivity (Wildman–Crippen MR) is 88.2 cm³/mol. The van der Waals surface area contributed by atoms with Crippen LogP contribution in [-0.4, -0.2) is 38.4 Å². The minimum Gasteiger partial charge on any atom is -0.386 e. The molecule has 0 fully saturated rings. The second-order valence-corrected chi connectivity index (χ2v) is 7.40. The predicted octanol–water partition coefficient (Wildman–Crippen LogP) is 1.89. The van der Waals surface area contributed by atoms with E-state index in [0.717, 1.165) is 6.26 Å². The van der Waals surface area contributed by atoms with Crippen LogP contribution in [0.1, 0.15) is 22.0 Å². The van der Waals surface area contributed by atoms with Crippen LogP contribution in [0.4, 0.5) is 4.39 Å². The average molecular weight is 351 g/mol. The number of sulfone groups is 1. The summed E-state index contributed by atoms with van der Waals surface area (Å²) >= 11 is 0. The molecular formula is C17H18FNO4S. The molecule has 0 heterocycles. The van der Waals surface area contributed by atoms with Crippen LogP contribution in [0, 0.1) is 0 Å². The molecule has 0 aliphatic carbocycles. The Hall–Kier alpha value is -2.25. The SMILES string of the molecule is CS(=O)(=O)c1ccc([C@@H](O)C(CF)NC(=O)c2ccccc2)cc1. The minimum atomic E-state index is -3.35. The van der Waals surface area contributed by atoms with Gasteiger partial charge in [-0.1, -0.05) is 30.3 Å². The normalized spacial score (nSPS) is 14.0. The van der Waals surface area contributed by atoms with Crippen LogP contribution in [0.25, 0.3) is 0 Å². The van der Waals surface area contributed by atoms with Crippen molar-refractivity contribution in [2.75, 3.05) is 12.9 Å². The highest BCUT2D eigenvalue weighted by molar-refractivity contribution is 7.90. The number of halogens is 1. The number of hydrogen-bond acceptors (Lipinski definition) is 4. The number of carbonyl (C=O) groups is 1. The number of amides is 1. The van der Waals surface area contributed by atoms with Gasteiger partial charge in [-0.3, -0.25) is 4.79 Å². The molecule has 0 aliphatic heterocycles. The summed E-state index contributed by atoms with van der Waals surface area (Å²) < 4.78 is 36.1. The van der Waals surface area contributed by atoms with Crippen molar-refractivity contribution in [3.05, 3.63) is 65.7 Å². The van der Waals surface area contributed by atoms with Crippen LogP contribution in [0.2, 0.25) is 0 Å². The van der Waals surface area contributed by atoms with E-state index in [4.69, 9.17) is 0 Å². The van der Waals surface area contributed by atoms with E-state index in [0.29, 0.717) is 11.1 Å². The highest BCUT2D eigenvalue weighted by Gasteiger charge is 2.23. The van der Waals surface area contributed by atoms with E-state index in [2.05, 4.69) is 5.32 Å². The fraction of sp³-hybridized carbons (Fsp3) is 0.235. The van der Waals surface area contributed by atoms with Crippen molar-refractivity contribution in [2.45, 2.75) is 17.0 Å². The molecule has 2 N–H and O–H groups in total. The molecule has 0 radical (unpaired) electrons. The van der Waals surface area contributed by atoms with E-state index in [9.17, 15) is 22.7 Å². The van der Waals surface area contributed by atoms with Gasteiger partial charge in [-0.2, -0.15) is 0 Å². The third kappa shape index (κ3) is 4.39. The second kappa shape index (κ2) is 7.55. The van der Waals surface area contributed by atoms with Crippen molar-refractivity contribution in [1.29, 1.82) is 0 Å². The molecule has 2 rings (SSSR count). The molecule has 0 saturated carbocycles. The number of hydrogen-bond donors (Lipinski definition) is 2. The number of carbonyl (C=O) groups excluding carboxylic acids is 1. The summed E-state index contributed by atoms with van der Waals surface area (Å²) in [6.07, 6.45) is -0.223. The molecule has 5 nitrogen and oxygen atoms in total. The standard InChI is InChI=1S/C17H18FNO4S/c1-24(22,23)14-9-7-12(8-10-14)16(20)15(11-18)19-17(21)13-5-3-2-4-6-13/h2-10,15-16,20H,11H2,1H3,(H,19,21)/t15?,16-/m1/s1. The molecule has 0 aromatic heterocycles. The molecule has 2 aromatic carbocycles. The Bertz CT molecular complexity index is 791. The molecular weight excluding hydrogens is 333 g/mol. The van der Waals surface area contributed by atoms with Gasteiger partial charge in [-0.25, -0.2) is 12.8 Å². The summed E-state index contributed by atoms with van der Waals surface area (Å²) in [4.78, 5) is 12.2. The molecule has 128 valence electrons. The number of nitrogens with one attached hydrogen (secondary N) is 1. The van der Waals surface area contributed by atoms with Gasteiger partial charge in [0.1, 0.15) is 12.8 Å². The molecule has 2 aromatic rings. The van der Waals surface area contributed by atoms with E-state index >= 15 is 0 Å². The van der Waals surface area contributed by atoms with Gasteiger partial charge in [0, 0.05) is 11.8 Å². The van der Waals surface area contributed by atoms with Crippen LogP contribution < -0.4 is 5.32 Å². The topological polar surface area (TPSA) is 83.5 Å². The summed E-state index contributed by atoms with van der Waals surface area (Å²) in [5.74, 6) is -0.495. The molecule has 0 saturated heterocycles. The number of aliphatic hydroxyl groups excluding tert-OH is 1. The molecule has 0 spiro atoms. The minimum absolute atomic E-state index is 0.101. The number of rotatable bonds is 6. The lowest BCUT2D eigenvalue weighted by Crippen LogP contribution is -2.41. The Balaban J connectivity index is 2.14. The van der Waals surface area contributed by atoms with Gasteiger partial charge >= 0.3 is 0 Å². The van der Waals surface area contributed by atoms with Gasteiger partial charge in [-0.15, -0.1) is 0 Å². The Morgan fingerprint density at radius 3 is 2.21 bits per heavy atom. The average Bonchev–Trinajstić information content (AvgIpc) is 2.59. The molecule has 2 atom stereocenters. The summed E-state index contributed by atoms with van der Waals surface area (Å²) in [6.45, 7) is -0.965. The Kier molecular flexibility index (Phi) is 5.69. The van der Waals surface area contributed by atoms with Crippen LogP contribution >= 0.6 is 0 Å². The third-order valence-electron chi connectivity index (χ3n) is 3.55. The van der Waals surface area contributed by atoms with Crippen LogP contribution in [0.5, 0.6) is 0 Å². The van der Waals surface area contributed by atoms with Crippen molar-refractivity contribution in [2.24, 2.45) is 0 Å². The lowest BCUT2D eigenvalue weighted by atomic mass is 10.0. The van der Waals surface area contributed by atoms with Gasteiger partial charge < -0.3 is 10.4 Å². The van der Waals surface area contributed by atoms with Gasteiger partial charge in [-0.05, 0) is 29.8 Å². The first-order valence-corrected chi connectivity index (χ1v) is 9.12. The lowest BCUT2D eigenvalue weighted by Gasteiger charge is -2.22. The molecule has 0 bridgehead atoms. The Morgan fingerprint density at radius 1 is 1.12 bits per heavy atom. The van der Waals surface area contributed by atoms with E-state index in [1.807, 2.05) is 0 Å². The largest absolute Gasteiger partial charge is 0.386 e. The highest BCUT2D eigenvalue weighted by atomic mass is 32.2. The number of alkyl halides is 1. The van der Waals surface area contributed by atoms with Crippen molar-refractivity contribution in [3.8, 4) is 0 Å². The first-order chi connectivity index (χ1) is 11.3. The van der Waals surface area contributed by atoms with Crippen molar-refractivity contribution in [1.82, 2.24) is 5.32 Å². The van der Waals surface area contributed by atoms with Crippen molar-refractivity contribution in [3.63, 3.8) is 0 Å². The summed E-state index contributed by atoms with van der Waals surface area (Å²) in [5.41, 5.74) is 0.675. The zero-order valence-electron chi connectivity index (χ0n) is 13.0. The molecule has 24 heavy (non-hydrogen) atoms. The molecule has 0 aliphatic rings. The van der Waals surface area contributed by atoms with Crippen molar-refractivity contribution < 1.29 is 22.7 Å². The second-order valence-electron chi connectivity index (χ2n) is 5.39. The fourth-order valence-corrected chi connectivity index (χ4v) is 2.82. The summed E-state index contributed by atoms with van der Waals surface area (Å²) in [7, 11) is -3.35. The van der Waals surface area contributed by atoms with Gasteiger partial charge in [0.05, 0.1) is 10.9 Å². The van der Waals surface area contributed by atoms with Gasteiger partial charge in [0.15, 0.2) is 9.84 Å². The Labute approximate surface area is 140 Å². The first kappa shape index (κ1) is 18.1. The van der Waals surface area contributed by atoms with Crippen LogP contribution in [0.3, 0.4) is 0 Å². The van der Waals surface area contributed by atoms with Gasteiger partial charge in [0.25, 0.3) is 5.91 Å². The van der Waals surface area contributed by atoms with E-state index in [-0.39, 0.29) is 4.90 Å². The van der Waals surface area contributed by atoms with Crippen LogP contribution in [0.15, 0.2) is 59.5 Å². The summed E-state index contributed by atoms with van der Waals surface area (Å²) in [5, 5.41) is 12.7. The lowest BCUT2D eigenvalue weighted by molar-refractivity contribution is 0.0791. The molecule has 7 heteroatoms. The zero-order valence-corrected chi connectivity index (χ0v) is 13.8. The Morgan fingerprint density at radius 2 is 1.71 bits per heavy atom. The number of benzene rings is 2. The molecule has 1 amide bonds. The maximum Gasteiger partial charge on any atom is 0.251 e. The zero-order chi connectivity index (χ0) is 17.7. The van der Waals surface area contributed by atoms with Gasteiger partial charge in [0.2, 0.25) is 0 Å². The third-order valence-corrected chi connectivity index (χ3v) is 4.68. The smallest absolute Gasteiger partial charge is 0.251 e. The molecule has 1 unspecified atom stereocenters. The van der Waals surface area contributed by atoms with E-state index in [1.54, 1.807) is 30.3 Å². The van der Waals surface area contributed by atoms with E-state index < -0.39 is 34.6 Å².